The molecule has 2 heterocycles. The summed E-state index contributed by atoms with van der Waals surface area (Å²) in [6.07, 6.45) is 4.82. The number of piperidine rings is 2. The molecule has 0 radical (unpaired) electrons. The summed E-state index contributed by atoms with van der Waals surface area (Å²) in [6.45, 7) is 2.01. The van der Waals surface area contributed by atoms with Gasteiger partial charge < -0.3 is 0 Å². The number of nitrogens with zero attached hydrogens (tertiary/aromatic N) is 1. The van der Waals surface area contributed by atoms with E-state index in [0.29, 0.717) is 12.8 Å². The number of carbonyl (C=O) groups excluding carboxylic acids is 2. The maximum Gasteiger partial charge on any atom is 0.243 e. The molecule has 0 aromatic rings. The number of likely N-dealkylation sites (tertiary alicyclic amines) is 1. The molecule has 0 aromatic carbocycles. The highest BCUT2D eigenvalue weighted by Gasteiger charge is 2.31. The number of carbonyl (C=O) groups is 2. The maximum atomic E-state index is 11.5. The number of hydrogen-bond donors (Lipinski definition) is 1. The third-order valence-electron chi connectivity index (χ3n) is 3.04. The van der Waals surface area contributed by atoms with Gasteiger partial charge >= 0.3 is 0 Å². The second kappa shape index (κ2) is 4.09. The van der Waals surface area contributed by atoms with Crippen molar-refractivity contribution in [3.63, 3.8) is 0 Å². The van der Waals surface area contributed by atoms with Crippen LogP contribution in [0.1, 0.15) is 32.1 Å². The first-order chi connectivity index (χ1) is 6.77. The van der Waals surface area contributed by atoms with E-state index in [2.05, 4.69) is 10.2 Å². The Labute approximate surface area is 83.6 Å². The number of amides is 2. The molecule has 0 bridgehead atoms. The predicted molar refractivity (Wildman–Crippen MR) is 51.6 cm³/mol. The third-order valence-corrected chi connectivity index (χ3v) is 3.04. The van der Waals surface area contributed by atoms with Gasteiger partial charge in [-0.3, -0.25) is 19.8 Å². The van der Waals surface area contributed by atoms with Crippen LogP contribution in [-0.2, 0) is 9.59 Å². The van der Waals surface area contributed by atoms with Crippen LogP contribution in [0.4, 0.5) is 0 Å². The molecule has 1 atom stereocenters. The summed E-state index contributed by atoms with van der Waals surface area (Å²) in [6, 6.07) is -0.0481. The molecule has 4 nitrogen and oxygen atoms in total. The van der Waals surface area contributed by atoms with Crippen LogP contribution < -0.4 is 5.32 Å². The Kier molecular flexibility index (Phi) is 2.82. The molecule has 0 aliphatic carbocycles. The molecule has 2 aliphatic rings. The molecule has 2 fully saturated rings. The maximum absolute atomic E-state index is 11.5. The van der Waals surface area contributed by atoms with Gasteiger partial charge in [-0.1, -0.05) is 6.42 Å². The van der Waals surface area contributed by atoms with Crippen LogP contribution in [-0.4, -0.2) is 35.8 Å². The highest BCUT2D eigenvalue weighted by Crippen LogP contribution is 2.17. The summed E-state index contributed by atoms with van der Waals surface area (Å²) in [5, 5.41) is 2.41. The Balaban J connectivity index is 1.95. The van der Waals surface area contributed by atoms with Gasteiger partial charge in [0.15, 0.2) is 0 Å². The molecular formula is C10H16N2O2. The van der Waals surface area contributed by atoms with E-state index in [1.165, 1.54) is 19.3 Å². The van der Waals surface area contributed by atoms with Crippen molar-refractivity contribution >= 4 is 11.8 Å². The molecule has 0 spiro atoms. The van der Waals surface area contributed by atoms with E-state index in [9.17, 15) is 9.59 Å². The Hall–Kier alpha value is -0.900. The lowest BCUT2D eigenvalue weighted by Gasteiger charge is -2.35. The molecule has 0 saturated carbocycles. The molecular weight excluding hydrogens is 180 g/mol. The molecule has 0 aromatic heterocycles. The van der Waals surface area contributed by atoms with Gasteiger partial charge in [0.1, 0.15) is 0 Å². The smallest absolute Gasteiger partial charge is 0.243 e. The highest BCUT2D eigenvalue weighted by atomic mass is 16.2. The lowest BCUT2D eigenvalue weighted by Crippen LogP contribution is -2.53. The molecule has 1 unspecified atom stereocenters. The summed E-state index contributed by atoms with van der Waals surface area (Å²) in [4.78, 5) is 24.7. The van der Waals surface area contributed by atoms with Crippen molar-refractivity contribution in [2.24, 2.45) is 0 Å². The van der Waals surface area contributed by atoms with Crippen molar-refractivity contribution in [1.82, 2.24) is 10.2 Å². The monoisotopic (exact) mass is 196 g/mol. The van der Waals surface area contributed by atoms with Crippen LogP contribution >= 0.6 is 0 Å². The Morgan fingerprint density at radius 1 is 1.14 bits per heavy atom. The summed E-state index contributed by atoms with van der Waals surface area (Å²) >= 11 is 0. The van der Waals surface area contributed by atoms with E-state index in [1.54, 1.807) is 0 Å². The first-order valence-corrected chi connectivity index (χ1v) is 5.35. The first kappa shape index (κ1) is 9.65. The minimum atomic E-state index is -0.122. The Morgan fingerprint density at radius 3 is 2.50 bits per heavy atom. The fourth-order valence-electron chi connectivity index (χ4n) is 2.26. The van der Waals surface area contributed by atoms with Crippen LogP contribution in [0.2, 0.25) is 0 Å². The van der Waals surface area contributed by atoms with Crippen molar-refractivity contribution in [3.8, 4) is 0 Å². The predicted octanol–water partition coefficient (Wildman–Crippen LogP) is 0.277. The molecule has 78 valence electrons. The van der Waals surface area contributed by atoms with Gasteiger partial charge in [-0.2, -0.15) is 0 Å². The van der Waals surface area contributed by atoms with E-state index in [1.807, 2.05) is 0 Å². The van der Waals surface area contributed by atoms with Gasteiger partial charge in [-0.25, -0.2) is 0 Å². The molecule has 1 N–H and O–H groups in total. The fourth-order valence-corrected chi connectivity index (χ4v) is 2.26. The van der Waals surface area contributed by atoms with Crippen molar-refractivity contribution < 1.29 is 9.59 Å². The van der Waals surface area contributed by atoms with Gasteiger partial charge in [0.25, 0.3) is 0 Å². The minimum absolute atomic E-state index is 0.0481. The third kappa shape index (κ3) is 1.95. The average molecular weight is 196 g/mol. The van der Waals surface area contributed by atoms with E-state index >= 15 is 0 Å². The van der Waals surface area contributed by atoms with E-state index < -0.39 is 0 Å². The number of rotatable bonds is 1. The molecule has 2 amide bonds. The number of imide groups is 1. The van der Waals surface area contributed by atoms with Gasteiger partial charge in [0.05, 0.1) is 6.04 Å². The number of nitrogens with one attached hydrogen (secondary N) is 1. The van der Waals surface area contributed by atoms with Gasteiger partial charge in [-0.05, 0) is 32.4 Å². The fraction of sp³-hybridized carbons (Fsp3) is 0.800. The van der Waals surface area contributed by atoms with Gasteiger partial charge in [0, 0.05) is 6.42 Å². The van der Waals surface area contributed by atoms with Crippen molar-refractivity contribution in [2.45, 2.75) is 38.1 Å². The minimum Gasteiger partial charge on any atom is -0.295 e. The van der Waals surface area contributed by atoms with Crippen LogP contribution in [0.3, 0.4) is 0 Å². The van der Waals surface area contributed by atoms with Gasteiger partial charge in [0.2, 0.25) is 11.8 Å². The molecule has 4 heteroatoms. The van der Waals surface area contributed by atoms with Crippen LogP contribution in [0.5, 0.6) is 0 Å². The quantitative estimate of drug-likeness (QED) is 0.613. The largest absolute Gasteiger partial charge is 0.295 e. The van der Waals surface area contributed by atoms with Crippen molar-refractivity contribution in [2.75, 3.05) is 13.1 Å². The second-order valence-electron chi connectivity index (χ2n) is 4.06. The van der Waals surface area contributed by atoms with E-state index in [4.69, 9.17) is 0 Å². The zero-order valence-corrected chi connectivity index (χ0v) is 8.29. The van der Waals surface area contributed by atoms with Crippen LogP contribution in [0.15, 0.2) is 0 Å². The van der Waals surface area contributed by atoms with E-state index in [-0.39, 0.29) is 17.9 Å². The lowest BCUT2D eigenvalue weighted by molar-refractivity contribution is -0.137. The Morgan fingerprint density at radius 2 is 1.86 bits per heavy atom. The van der Waals surface area contributed by atoms with Crippen LogP contribution in [0.25, 0.3) is 0 Å². The SMILES string of the molecule is O=C1CCC(N2CCCCC2)C(=O)N1. The lowest BCUT2D eigenvalue weighted by atomic mass is 10.0. The first-order valence-electron chi connectivity index (χ1n) is 5.35. The van der Waals surface area contributed by atoms with Crippen molar-refractivity contribution in [3.05, 3.63) is 0 Å². The van der Waals surface area contributed by atoms with Crippen molar-refractivity contribution in [1.29, 1.82) is 0 Å². The zero-order valence-electron chi connectivity index (χ0n) is 8.29. The summed E-state index contributed by atoms with van der Waals surface area (Å²) in [7, 11) is 0. The van der Waals surface area contributed by atoms with Crippen LogP contribution in [0, 0.1) is 0 Å². The summed E-state index contributed by atoms with van der Waals surface area (Å²) < 4.78 is 0. The summed E-state index contributed by atoms with van der Waals surface area (Å²) in [5.74, 6) is -0.216. The zero-order chi connectivity index (χ0) is 9.97. The average Bonchev–Trinajstić information content (AvgIpc) is 2.19. The molecule has 2 aliphatic heterocycles. The number of hydrogen-bond acceptors (Lipinski definition) is 3. The molecule has 14 heavy (non-hydrogen) atoms. The normalized spacial score (nSPS) is 30.1. The highest BCUT2D eigenvalue weighted by molar-refractivity contribution is 6.00. The standard InChI is InChI=1S/C10H16N2O2/c13-9-5-4-8(10(14)11-9)12-6-2-1-3-7-12/h8H,1-7H2,(H,11,13,14). The van der Waals surface area contributed by atoms with Gasteiger partial charge in [-0.15, -0.1) is 0 Å². The second-order valence-corrected chi connectivity index (χ2v) is 4.06. The molecule has 2 rings (SSSR count). The Bertz CT molecular complexity index is 247. The van der Waals surface area contributed by atoms with E-state index in [0.717, 1.165) is 13.1 Å². The molecule has 2 saturated heterocycles. The topological polar surface area (TPSA) is 49.4 Å². The summed E-state index contributed by atoms with van der Waals surface area (Å²) in [5.41, 5.74) is 0.